The lowest BCUT2D eigenvalue weighted by atomic mass is 9.71. The minimum atomic E-state index is -4.69. The van der Waals surface area contributed by atoms with Crippen molar-refractivity contribution in [2.75, 3.05) is 19.7 Å². The Balaban J connectivity index is 1.47. The zero-order chi connectivity index (χ0) is 25.9. The van der Waals surface area contributed by atoms with E-state index in [0.29, 0.717) is 23.7 Å². The molecule has 1 aromatic carbocycles. The lowest BCUT2D eigenvalue weighted by Crippen LogP contribution is -2.43. The minimum Gasteiger partial charge on any atom is -0.490 e. The molecule has 2 N–H and O–H groups in total. The second-order valence-corrected chi connectivity index (χ2v) is 11.0. The van der Waals surface area contributed by atoms with E-state index in [1.807, 2.05) is 12.2 Å². The van der Waals surface area contributed by atoms with Gasteiger partial charge in [0.15, 0.2) is 11.6 Å². The maximum absolute atomic E-state index is 14.8. The average Bonchev–Trinajstić information content (AvgIpc) is 2.85. The van der Waals surface area contributed by atoms with Gasteiger partial charge in [-0.15, -0.1) is 0 Å². The van der Waals surface area contributed by atoms with Crippen LogP contribution in [0.2, 0.25) is 0 Å². The van der Waals surface area contributed by atoms with Crippen LogP contribution in [0.3, 0.4) is 0 Å². The zero-order valence-electron chi connectivity index (χ0n) is 19.5. The number of aromatic nitrogens is 1. The molecule has 2 aliphatic rings. The fourth-order valence-electron chi connectivity index (χ4n) is 4.71. The third-order valence-corrected chi connectivity index (χ3v) is 8.12. The molecule has 1 saturated heterocycles. The fourth-order valence-corrected chi connectivity index (χ4v) is 6.02. The van der Waals surface area contributed by atoms with E-state index < -0.39 is 38.2 Å². The standard InChI is InChI=1S/C25H26ClF2N3O4S/c1-15-10-17(26)5-6-18(15)19-7-9-29-13-16(19)14-35-23-11-21(28)24(12-20(23)27)36(33,34)31-25(32)22-4-2-3-8-30-22/h2-6,8,10-12,15-16,18-19,29H,7,9,13-14H2,1H3,(H,31,32)/t15?,16-,18-,19?/m0/s1. The first-order valence-corrected chi connectivity index (χ1v) is 13.4. The largest absolute Gasteiger partial charge is 0.490 e. The van der Waals surface area contributed by atoms with Crippen LogP contribution in [0, 0.1) is 35.3 Å². The van der Waals surface area contributed by atoms with Crippen LogP contribution in [0.5, 0.6) is 5.75 Å². The monoisotopic (exact) mass is 537 g/mol. The summed E-state index contributed by atoms with van der Waals surface area (Å²) >= 11 is 6.12. The van der Waals surface area contributed by atoms with Crippen LogP contribution < -0.4 is 14.8 Å². The van der Waals surface area contributed by atoms with E-state index in [2.05, 4.69) is 23.3 Å². The maximum atomic E-state index is 14.8. The number of nitrogens with one attached hydrogen (secondary N) is 2. The average molecular weight is 538 g/mol. The van der Waals surface area contributed by atoms with Crippen LogP contribution in [0.1, 0.15) is 23.8 Å². The van der Waals surface area contributed by atoms with Crippen LogP contribution in [0.4, 0.5) is 8.78 Å². The van der Waals surface area contributed by atoms with Crippen LogP contribution in [0.15, 0.2) is 64.7 Å². The normalized spacial score (nSPS) is 24.2. The molecule has 1 aliphatic carbocycles. The quantitative estimate of drug-likeness (QED) is 0.553. The molecule has 2 aromatic rings. The number of hydrogen-bond acceptors (Lipinski definition) is 6. The molecule has 0 spiro atoms. The Morgan fingerprint density at radius 2 is 2.08 bits per heavy atom. The van der Waals surface area contributed by atoms with Crippen molar-refractivity contribution in [2.45, 2.75) is 18.2 Å². The summed E-state index contributed by atoms with van der Waals surface area (Å²) in [6, 6.07) is 5.52. The van der Waals surface area contributed by atoms with Crippen LogP contribution in [-0.4, -0.2) is 39.0 Å². The van der Waals surface area contributed by atoms with Gasteiger partial charge in [-0.1, -0.05) is 36.7 Å². The van der Waals surface area contributed by atoms with Gasteiger partial charge in [-0.25, -0.2) is 21.9 Å². The first-order valence-electron chi connectivity index (χ1n) is 11.5. The summed E-state index contributed by atoms with van der Waals surface area (Å²) in [6.07, 6.45) is 8.18. The molecule has 0 bridgehead atoms. The van der Waals surface area contributed by atoms with Gasteiger partial charge in [-0.3, -0.25) is 9.78 Å². The topological polar surface area (TPSA) is 97.4 Å². The van der Waals surface area contributed by atoms with Crippen LogP contribution >= 0.6 is 11.6 Å². The summed E-state index contributed by atoms with van der Waals surface area (Å²) < 4.78 is 62.0. The van der Waals surface area contributed by atoms with Crippen LogP contribution in [-0.2, 0) is 10.0 Å². The smallest absolute Gasteiger partial charge is 0.283 e. The molecular weight excluding hydrogens is 512 g/mol. The van der Waals surface area contributed by atoms with E-state index >= 15 is 0 Å². The number of carbonyl (C=O) groups excluding carboxylic acids is 1. The molecule has 192 valence electrons. The van der Waals surface area contributed by atoms with E-state index in [9.17, 15) is 22.0 Å². The maximum Gasteiger partial charge on any atom is 0.283 e. The number of halogens is 3. The summed E-state index contributed by atoms with van der Waals surface area (Å²) in [5, 5.41) is 4.01. The van der Waals surface area contributed by atoms with E-state index in [0.717, 1.165) is 13.0 Å². The summed E-state index contributed by atoms with van der Waals surface area (Å²) in [7, 11) is -4.69. The molecular formula is C25H26ClF2N3O4S. The number of nitrogens with zero attached hydrogens (tertiary/aromatic N) is 1. The van der Waals surface area contributed by atoms with Crippen molar-refractivity contribution in [3.63, 3.8) is 0 Å². The van der Waals surface area contributed by atoms with Gasteiger partial charge in [0.1, 0.15) is 16.4 Å². The SMILES string of the molecule is CC1C=C(Cl)C=C[C@@H]1C1CCNC[C@H]1COc1cc(F)c(S(=O)(=O)NC(=O)c2ccccn2)cc1F. The van der Waals surface area contributed by atoms with E-state index in [1.165, 1.54) is 18.3 Å². The Bertz CT molecular complexity index is 1290. The molecule has 2 heterocycles. The molecule has 7 nitrogen and oxygen atoms in total. The van der Waals surface area contributed by atoms with E-state index in [1.54, 1.807) is 10.8 Å². The highest BCUT2D eigenvalue weighted by atomic mass is 35.5. The second-order valence-electron chi connectivity index (χ2n) is 8.94. The van der Waals surface area contributed by atoms with E-state index in [-0.39, 0.29) is 36.0 Å². The zero-order valence-corrected chi connectivity index (χ0v) is 21.0. The second kappa shape index (κ2) is 11.1. The first-order chi connectivity index (χ1) is 17.2. The minimum absolute atomic E-state index is 0.0182. The molecule has 1 fully saturated rings. The van der Waals surface area contributed by atoms with Crippen molar-refractivity contribution in [2.24, 2.45) is 23.7 Å². The highest BCUT2D eigenvalue weighted by Gasteiger charge is 2.34. The highest BCUT2D eigenvalue weighted by Crippen LogP contribution is 2.37. The number of hydrogen-bond donors (Lipinski definition) is 2. The van der Waals surface area contributed by atoms with Crippen molar-refractivity contribution >= 4 is 27.5 Å². The van der Waals surface area contributed by atoms with Crippen molar-refractivity contribution in [1.29, 1.82) is 0 Å². The third-order valence-electron chi connectivity index (χ3n) is 6.52. The van der Waals surface area contributed by atoms with Gasteiger partial charge in [-0.05, 0) is 48.9 Å². The van der Waals surface area contributed by atoms with Crippen molar-refractivity contribution in [3.05, 3.63) is 77.1 Å². The predicted octanol–water partition coefficient (Wildman–Crippen LogP) is 4.03. The number of pyridine rings is 1. The summed E-state index contributed by atoms with van der Waals surface area (Å²) in [5.41, 5.74) is -0.183. The Morgan fingerprint density at radius 3 is 2.81 bits per heavy atom. The number of carbonyl (C=O) groups is 1. The Hall–Kier alpha value is -2.82. The highest BCUT2D eigenvalue weighted by molar-refractivity contribution is 7.90. The molecule has 0 radical (unpaired) electrons. The van der Waals surface area contributed by atoms with Crippen molar-refractivity contribution in [3.8, 4) is 5.75 Å². The molecule has 36 heavy (non-hydrogen) atoms. The van der Waals surface area contributed by atoms with Crippen molar-refractivity contribution in [1.82, 2.24) is 15.0 Å². The van der Waals surface area contributed by atoms with Crippen molar-refractivity contribution < 1.29 is 26.7 Å². The summed E-state index contributed by atoms with van der Waals surface area (Å²) in [5.74, 6) is -3.03. The Kier molecular flexibility index (Phi) is 8.07. The lowest BCUT2D eigenvalue weighted by Gasteiger charge is -2.39. The van der Waals surface area contributed by atoms with Gasteiger partial charge in [0.2, 0.25) is 0 Å². The van der Waals surface area contributed by atoms with Gasteiger partial charge in [0, 0.05) is 35.8 Å². The number of allylic oxidation sites excluding steroid dienone is 4. The number of piperidine rings is 1. The number of ether oxygens (including phenoxy) is 1. The number of benzene rings is 1. The summed E-state index contributed by atoms with van der Waals surface area (Å²) in [4.78, 5) is 14.9. The number of amides is 1. The molecule has 4 atom stereocenters. The Morgan fingerprint density at radius 1 is 1.28 bits per heavy atom. The van der Waals surface area contributed by atoms with Gasteiger partial charge in [-0.2, -0.15) is 0 Å². The van der Waals surface area contributed by atoms with Gasteiger partial charge >= 0.3 is 0 Å². The van der Waals surface area contributed by atoms with Gasteiger partial charge in [0.25, 0.3) is 15.9 Å². The molecule has 11 heteroatoms. The summed E-state index contributed by atoms with van der Waals surface area (Å²) in [6.45, 7) is 3.70. The lowest BCUT2D eigenvalue weighted by molar-refractivity contribution is 0.0976. The third kappa shape index (κ3) is 5.93. The molecule has 1 aromatic heterocycles. The molecule has 1 amide bonds. The molecule has 4 rings (SSSR count). The number of sulfonamides is 1. The molecule has 2 unspecified atom stereocenters. The Labute approximate surface area is 213 Å². The van der Waals surface area contributed by atoms with E-state index in [4.69, 9.17) is 16.3 Å². The molecule has 0 saturated carbocycles. The predicted molar refractivity (Wildman–Crippen MR) is 131 cm³/mol. The van der Waals surface area contributed by atoms with Crippen LogP contribution in [0.25, 0.3) is 0 Å². The number of rotatable bonds is 7. The fraction of sp³-hybridized carbons (Fsp3) is 0.360. The van der Waals surface area contributed by atoms with Gasteiger partial charge in [0.05, 0.1) is 6.61 Å². The molecule has 1 aliphatic heterocycles. The van der Waals surface area contributed by atoms with Gasteiger partial charge < -0.3 is 10.1 Å². The first kappa shape index (κ1) is 26.2.